The van der Waals surface area contributed by atoms with E-state index in [1.165, 1.54) is 16.2 Å². The molecule has 0 saturated heterocycles. The summed E-state index contributed by atoms with van der Waals surface area (Å²) < 4.78 is 0. The molecule has 3 rings (SSSR count). The lowest BCUT2D eigenvalue weighted by molar-refractivity contribution is 0.247. The number of amides is 2. The van der Waals surface area contributed by atoms with Crippen LogP contribution in [0.3, 0.4) is 0 Å². The highest BCUT2D eigenvalue weighted by atomic mass is 35.5. The van der Waals surface area contributed by atoms with Gasteiger partial charge in [-0.3, -0.25) is 0 Å². The molecule has 5 nitrogen and oxygen atoms in total. The molecule has 2 aromatic rings. The number of thiazole rings is 1. The number of aryl methyl sites for hydroxylation is 1. The highest BCUT2D eigenvalue weighted by molar-refractivity contribution is 7.15. The number of nitrogens with zero attached hydrogens (tertiary/aromatic N) is 1. The predicted molar refractivity (Wildman–Crippen MR) is 85.9 cm³/mol. The Labute approximate surface area is 131 Å². The second kappa shape index (κ2) is 5.91. The monoisotopic (exact) mass is 322 g/mol. The van der Waals surface area contributed by atoms with Gasteiger partial charge in [0.25, 0.3) is 0 Å². The Morgan fingerprint density at radius 1 is 1.43 bits per heavy atom. The summed E-state index contributed by atoms with van der Waals surface area (Å²) in [5, 5.41) is 6.86. The summed E-state index contributed by atoms with van der Waals surface area (Å²) in [5.74, 6) is 0. The maximum atomic E-state index is 12.0. The summed E-state index contributed by atoms with van der Waals surface area (Å²) in [5.41, 5.74) is 7.39. The number of nitrogens with two attached hydrogens (primary N) is 1. The fourth-order valence-corrected chi connectivity index (χ4v) is 3.57. The minimum Gasteiger partial charge on any atom is -0.375 e. The van der Waals surface area contributed by atoms with Crippen molar-refractivity contribution in [3.05, 3.63) is 39.9 Å². The van der Waals surface area contributed by atoms with Gasteiger partial charge < -0.3 is 16.4 Å². The molecule has 7 heteroatoms. The van der Waals surface area contributed by atoms with Crippen LogP contribution in [0, 0.1) is 0 Å². The molecular weight excluding hydrogens is 308 g/mol. The van der Waals surface area contributed by atoms with Crippen molar-refractivity contribution in [1.82, 2.24) is 10.3 Å². The Bertz CT molecular complexity index is 673. The number of urea groups is 1. The topological polar surface area (TPSA) is 80.0 Å². The Morgan fingerprint density at radius 2 is 2.24 bits per heavy atom. The van der Waals surface area contributed by atoms with Crippen LogP contribution in [0.1, 0.15) is 17.0 Å². The number of hydrogen-bond acceptors (Lipinski definition) is 4. The van der Waals surface area contributed by atoms with Crippen molar-refractivity contribution in [2.24, 2.45) is 0 Å². The van der Waals surface area contributed by atoms with Gasteiger partial charge in [-0.05, 0) is 25.0 Å². The lowest BCUT2D eigenvalue weighted by Crippen LogP contribution is -2.41. The van der Waals surface area contributed by atoms with Gasteiger partial charge in [-0.2, -0.15) is 0 Å². The first-order valence-electron chi connectivity index (χ1n) is 6.68. The van der Waals surface area contributed by atoms with Crippen molar-refractivity contribution in [3.8, 4) is 0 Å². The fraction of sp³-hybridized carbons (Fsp3) is 0.286. The van der Waals surface area contributed by atoms with Gasteiger partial charge in [0.2, 0.25) is 0 Å². The second-order valence-corrected chi connectivity index (χ2v) is 6.46. The van der Waals surface area contributed by atoms with Gasteiger partial charge in [0.1, 0.15) is 0 Å². The highest BCUT2D eigenvalue weighted by Crippen LogP contribution is 2.28. The minimum absolute atomic E-state index is 0.0971. The maximum absolute atomic E-state index is 12.0. The lowest BCUT2D eigenvalue weighted by Gasteiger charge is -2.22. The predicted octanol–water partition coefficient (Wildman–Crippen LogP) is 3.06. The number of rotatable bonds is 2. The first kappa shape index (κ1) is 14.2. The number of carbonyl (C=O) groups is 1. The summed E-state index contributed by atoms with van der Waals surface area (Å²) in [4.78, 5) is 17.5. The van der Waals surface area contributed by atoms with Crippen LogP contribution >= 0.6 is 22.9 Å². The fourth-order valence-electron chi connectivity index (χ4n) is 2.42. The van der Waals surface area contributed by atoms with Crippen molar-refractivity contribution in [3.63, 3.8) is 0 Å². The number of anilines is 2. The summed E-state index contributed by atoms with van der Waals surface area (Å²) in [6, 6.07) is 7.01. The molecule has 0 saturated carbocycles. The van der Waals surface area contributed by atoms with Gasteiger partial charge >= 0.3 is 6.03 Å². The zero-order valence-corrected chi connectivity index (χ0v) is 12.8. The van der Waals surface area contributed by atoms with Crippen LogP contribution in [0.15, 0.2) is 24.3 Å². The van der Waals surface area contributed by atoms with Gasteiger partial charge in [-0.1, -0.05) is 23.7 Å². The molecule has 0 bridgehead atoms. The van der Waals surface area contributed by atoms with Gasteiger partial charge in [0, 0.05) is 17.3 Å². The van der Waals surface area contributed by atoms with E-state index in [0.717, 1.165) is 25.0 Å². The first-order valence-corrected chi connectivity index (χ1v) is 7.87. The zero-order chi connectivity index (χ0) is 14.8. The molecule has 2 amide bonds. The van der Waals surface area contributed by atoms with E-state index in [0.29, 0.717) is 15.8 Å². The summed E-state index contributed by atoms with van der Waals surface area (Å²) in [6.07, 6.45) is 2.49. The van der Waals surface area contributed by atoms with E-state index in [2.05, 4.69) is 15.6 Å². The number of hydrogen-bond donors (Lipinski definition) is 3. The van der Waals surface area contributed by atoms with E-state index >= 15 is 0 Å². The van der Waals surface area contributed by atoms with Crippen molar-refractivity contribution < 1.29 is 4.79 Å². The number of nitrogen functional groups attached to an aromatic ring is 1. The molecule has 110 valence electrons. The van der Waals surface area contributed by atoms with Gasteiger partial charge in [0.05, 0.1) is 16.4 Å². The van der Waals surface area contributed by atoms with Crippen molar-refractivity contribution in [1.29, 1.82) is 0 Å². The minimum atomic E-state index is -0.242. The average molecular weight is 323 g/mol. The van der Waals surface area contributed by atoms with Crippen molar-refractivity contribution in [2.45, 2.75) is 25.3 Å². The molecule has 1 atom stereocenters. The highest BCUT2D eigenvalue weighted by Gasteiger charge is 2.23. The lowest BCUT2D eigenvalue weighted by atomic mass is 9.98. The first-order chi connectivity index (χ1) is 10.1. The summed E-state index contributed by atoms with van der Waals surface area (Å²) >= 11 is 7.52. The molecule has 1 aliphatic carbocycles. The third-order valence-corrected chi connectivity index (χ3v) is 4.69. The number of benzene rings is 1. The van der Waals surface area contributed by atoms with Gasteiger partial charge in [0.15, 0.2) is 5.13 Å². The van der Waals surface area contributed by atoms with E-state index in [1.54, 1.807) is 12.1 Å². The van der Waals surface area contributed by atoms with E-state index in [1.807, 2.05) is 12.1 Å². The summed E-state index contributed by atoms with van der Waals surface area (Å²) in [7, 11) is 0. The van der Waals surface area contributed by atoms with E-state index < -0.39 is 0 Å². The largest absolute Gasteiger partial charge is 0.375 e. The molecule has 0 aliphatic heterocycles. The number of fused-ring (bicyclic) bond motifs is 1. The van der Waals surface area contributed by atoms with E-state index in [9.17, 15) is 4.79 Å². The number of carbonyl (C=O) groups excluding carboxylic acids is 1. The van der Waals surface area contributed by atoms with Crippen LogP contribution in [0.25, 0.3) is 0 Å². The van der Waals surface area contributed by atoms with Crippen LogP contribution in [-0.4, -0.2) is 17.1 Å². The van der Waals surface area contributed by atoms with Crippen LogP contribution in [0.5, 0.6) is 0 Å². The third-order valence-electron chi connectivity index (χ3n) is 3.41. The standard InChI is InChI=1S/C14H15ClN4OS/c15-9-3-1-2-4-10(9)19-14(20)17-8-5-6-11-12(7-8)21-13(16)18-11/h1-4,8H,5-7H2,(H2,16,18)(H2,17,19,20)/t8-/m0/s1. The SMILES string of the molecule is Nc1nc2c(s1)C[C@@H](NC(=O)Nc1ccccc1Cl)CC2. The number of para-hydroxylation sites is 1. The average Bonchev–Trinajstić information content (AvgIpc) is 2.80. The van der Waals surface area contributed by atoms with E-state index in [-0.39, 0.29) is 12.1 Å². The number of nitrogens with one attached hydrogen (secondary N) is 2. The molecule has 1 aromatic carbocycles. The Balaban J connectivity index is 1.60. The molecule has 4 N–H and O–H groups in total. The molecule has 0 unspecified atom stereocenters. The van der Waals surface area contributed by atoms with Crippen LogP contribution in [0.2, 0.25) is 5.02 Å². The Morgan fingerprint density at radius 3 is 3.05 bits per heavy atom. The molecule has 0 spiro atoms. The Kier molecular flexibility index (Phi) is 3.98. The molecule has 0 radical (unpaired) electrons. The molecular formula is C14H15ClN4OS. The van der Waals surface area contributed by atoms with Crippen molar-refractivity contribution >= 4 is 39.8 Å². The molecule has 21 heavy (non-hydrogen) atoms. The quantitative estimate of drug-likeness (QED) is 0.795. The van der Waals surface area contributed by atoms with Crippen LogP contribution in [0.4, 0.5) is 15.6 Å². The zero-order valence-electron chi connectivity index (χ0n) is 11.2. The van der Waals surface area contributed by atoms with Crippen LogP contribution < -0.4 is 16.4 Å². The molecule has 1 aliphatic rings. The summed E-state index contributed by atoms with van der Waals surface area (Å²) in [6.45, 7) is 0. The molecule has 1 heterocycles. The van der Waals surface area contributed by atoms with Crippen molar-refractivity contribution in [2.75, 3.05) is 11.1 Å². The van der Waals surface area contributed by atoms with Gasteiger partial charge in [-0.15, -0.1) is 11.3 Å². The number of halogens is 1. The maximum Gasteiger partial charge on any atom is 0.319 e. The van der Waals surface area contributed by atoms with Gasteiger partial charge in [-0.25, -0.2) is 9.78 Å². The smallest absolute Gasteiger partial charge is 0.319 e. The van der Waals surface area contributed by atoms with E-state index in [4.69, 9.17) is 17.3 Å². The third kappa shape index (κ3) is 3.28. The number of aromatic nitrogens is 1. The normalized spacial score (nSPS) is 17.1. The van der Waals surface area contributed by atoms with Crippen LogP contribution in [-0.2, 0) is 12.8 Å². The molecule has 1 aromatic heterocycles. The second-order valence-electron chi connectivity index (χ2n) is 4.94. The Hall–Kier alpha value is -1.79. The molecule has 0 fully saturated rings.